The molecular weight excluding hydrogens is 292 g/mol. The molecule has 0 radical (unpaired) electrons. The summed E-state index contributed by atoms with van der Waals surface area (Å²) in [4.78, 5) is 0. The molecule has 2 unspecified atom stereocenters. The fourth-order valence-corrected chi connectivity index (χ4v) is 3.09. The maximum atomic E-state index is 7.64. The van der Waals surface area contributed by atoms with Crippen molar-refractivity contribution in [2.24, 2.45) is 11.7 Å². The lowest BCUT2D eigenvalue weighted by Crippen LogP contribution is -2.25. The minimum absolute atomic E-state index is 0.0429. The molecule has 0 aliphatic heterocycles. The summed E-state index contributed by atoms with van der Waals surface area (Å²) < 4.78 is 6.86. The van der Waals surface area contributed by atoms with Crippen LogP contribution in [0.1, 0.15) is 38.2 Å². The predicted molar refractivity (Wildman–Crippen MR) is 77.2 cm³/mol. The van der Waals surface area contributed by atoms with Gasteiger partial charge >= 0.3 is 0 Å². The van der Waals surface area contributed by atoms with E-state index in [9.17, 15) is 0 Å². The van der Waals surface area contributed by atoms with Crippen LogP contribution in [0.2, 0.25) is 0 Å². The highest BCUT2D eigenvalue weighted by atomic mass is 79.9. The summed E-state index contributed by atoms with van der Waals surface area (Å²) >= 11 is 3.42. The average Bonchev–Trinajstić information content (AvgIpc) is 2.28. The van der Waals surface area contributed by atoms with E-state index in [1.807, 2.05) is 18.2 Å². The number of nitrogens with two attached hydrogens (primary N) is 1. The van der Waals surface area contributed by atoms with E-state index in [2.05, 4.69) is 22.9 Å². The molecular formula is C14H19BrN2O. The number of hydrogen-bond donors (Lipinski definition) is 2. The second-order valence-corrected chi connectivity index (χ2v) is 5.89. The number of amidine groups is 1. The summed E-state index contributed by atoms with van der Waals surface area (Å²) in [5.41, 5.74) is 6.28. The maximum Gasteiger partial charge on any atom is 0.131 e. The molecule has 0 saturated heterocycles. The predicted octanol–water partition coefficient (Wildman–Crippen LogP) is 3.69. The van der Waals surface area contributed by atoms with Gasteiger partial charge in [0.2, 0.25) is 0 Å². The smallest absolute Gasteiger partial charge is 0.131 e. The van der Waals surface area contributed by atoms with Crippen LogP contribution in [-0.4, -0.2) is 11.9 Å². The van der Waals surface area contributed by atoms with Crippen molar-refractivity contribution in [2.75, 3.05) is 0 Å². The topological polar surface area (TPSA) is 59.1 Å². The van der Waals surface area contributed by atoms with Crippen molar-refractivity contribution in [1.82, 2.24) is 0 Å². The highest BCUT2D eigenvalue weighted by Gasteiger charge is 2.22. The lowest BCUT2D eigenvalue weighted by molar-refractivity contribution is 0.129. The fourth-order valence-electron chi connectivity index (χ4n) is 2.53. The molecule has 1 saturated carbocycles. The highest BCUT2D eigenvalue weighted by molar-refractivity contribution is 9.10. The molecule has 98 valence electrons. The van der Waals surface area contributed by atoms with Gasteiger partial charge in [0.25, 0.3) is 0 Å². The van der Waals surface area contributed by atoms with Crippen molar-refractivity contribution >= 4 is 21.8 Å². The molecule has 0 bridgehead atoms. The number of benzene rings is 1. The van der Waals surface area contributed by atoms with E-state index < -0.39 is 0 Å². The number of ether oxygens (including phenoxy) is 1. The second-order valence-electron chi connectivity index (χ2n) is 5.04. The Morgan fingerprint density at radius 2 is 2.22 bits per heavy atom. The van der Waals surface area contributed by atoms with E-state index in [0.29, 0.717) is 5.56 Å². The zero-order valence-electron chi connectivity index (χ0n) is 10.6. The Labute approximate surface area is 116 Å². The summed E-state index contributed by atoms with van der Waals surface area (Å²) in [5.74, 6) is 1.48. The van der Waals surface area contributed by atoms with Gasteiger partial charge in [-0.05, 0) is 53.2 Å². The molecule has 2 rings (SSSR count). The highest BCUT2D eigenvalue weighted by Crippen LogP contribution is 2.31. The molecule has 2 atom stereocenters. The van der Waals surface area contributed by atoms with Crippen LogP contribution < -0.4 is 10.5 Å². The molecule has 0 amide bonds. The third kappa shape index (κ3) is 3.05. The van der Waals surface area contributed by atoms with Crippen LogP contribution in [-0.2, 0) is 0 Å². The Morgan fingerprint density at radius 1 is 1.44 bits per heavy atom. The molecule has 1 fully saturated rings. The Bertz CT molecular complexity index is 447. The Morgan fingerprint density at radius 3 is 2.89 bits per heavy atom. The van der Waals surface area contributed by atoms with Crippen molar-refractivity contribution in [2.45, 2.75) is 38.7 Å². The molecule has 0 heterocycles. The van der Waals surface area contributed by atoms with Crippen LogP contribution in [0.25, 0.3) is 0 Å². The van der Waals surface area contributed by atoms with Gasteiger partial charge in [0.15, 0.2) is 0 Å². The first kappa shape index (κ1) is 13.4. The Hall–Kier alpha value is -1.03. The zero-order chi connectivity index (χ0) is 13.1. The summed E-state index contributed by atoms with van der Waals surface area (Å²) in [6, 6.07) is 5.69. The van der Waals surface area contributed by atoms with Gasteiger partial charge in [0, 0.05) is 4.47 Å². The molecule has 18 heavy (non-hydrogen) atoms. The van der Waals surface area contributed by atoms with Crippen LogP contribution >= 0.6 is 15.9 Å². The van der Waals surface area contributed by atoms with Crippen LogP contribution in [0, 0.1) is 11.3 Å². The molecule has 1 aromatic carbocycles. The van der Waals surface area contributed by atoms with Crippen LogP contribution in [0.5, 0.6) is 5.75 Å². The molecule has 0 spiro atoms. The second kappa shape index (κ2) is 5.74. The summed E-state index contributed by atoms with van der Waals surface area (Å²) in [6.07, 6.45) is 4.94. The van der Waals surface area contributed by atoms with Crippen molar-refractivity contribution in [1.29, 1.82) is 5.41 Å². The number of rotatable bonds is 3. The van der Waals surface area contributed by atoms with E-state index in [-0.39, 0.29) is 11.9 Å². The van der Waals surface area contributed by atoms with Gasteiger partial charge in [-0.3, -0.25) is 5.41 Å². The van der Waals surface area contributed by atoms with Crippen LogP contribution in [0.15, 0.2) is 22.7 Å². The molecule has 0 aromatic heterocycles. The standard InChI is InChI=1S/C14H19BrN2O/c1-9-4-2-5-10(8-9)18-12-7-3-6-11(15)13(12)14(16)17/h3,6-7,9-10H,2,4-5,8H2,1H3,(H3,16,17). The normalized spacial score (nSPS) is 23.7. The first-order valence-corrected chi connectivity index (χ1v) is 7.16. The van der Waals surface area contributed by atoms with E-state index in [4.69, 9.17) is 15.9 Å². The number of halogens is 1. The summed E-state index contributed by atoms with van der Waals surface area (Å²) in [7, 11) is 0. The number of nitrogens with one attached hydrogen (secondary N) is 1. The first-order valence-electron chi connectivity index (χ1n) is 6.37. The number of hydrogen-bond acceptors (Lipinski definition) is 2. The Kier molecular flexibility index (Phi) is 4.27. The summed E-state index contributed by atoms with van der Waals surface area (Å²) in [5, 5.41) is 7.64. The molecule has 1 aromatic rings. The van der Waals surface area contributed by atoms with Gasteiger partial charge in [-0.1, -0.05) is 19.4 Å². The molecule has 3 N–H and O–H groups in total. The zero-order valence-corrected chi connectivity index (χ0v) is 12.2. The maximum absolute atomic E-state index is 7.64. The van der Waals surface area contributed by atoms with Gasteiger partial charge in [0.1, 0.15) is 11.6 Å². The molecule has 4 heteroatoms. The van der Waals surface area contributed by atoms with Crippen LogP contribution in [0.4, 0.5) is 0 Å². The van der Waals surface area contributed by atoms with Gasteiger partial charge in [-0.15, -0.1) is 0 Å². The third-order valence-corrected chi connectivity index (χ3v) is 4.09. The van der Waals surface area contributed by atoms with Gasteiger partial charge < -0.3 is 10.5 Å². The Balaban J connectivity index is 2.18. The molecule has 3 nitrogen and oxygen atoms in total. The largest absolute Gasteiger partial charge is 0.490 e. The fraction of sp³-hybridized carbons (Fsp3) is 0.500. The van der Waals surface area contributed by atoms with Crippen molar-refractivity contribution in [3.63, 3.8) is 0 Å². The average molecular weight is 311 g/mol. The SMILES string of the molecule is CC1CCCC(Oc2cccc(Br)c2C(=N)N)C1. The minimum atomic E-state index is 0.0429. The van der Waals surface area contributed by atoms with Gasteiger partial charge in [-0.25, -0.2) is 0 Å². The van der Waals surface area contributed by atoms with Crippen molar-refractivity contribution in [3.8, 4) is 5.75 Å². The van der Waals surface area contributed by atoms with Gasteiger partial charge in [0.05, 0.1) is 11.7 Å². The van der Waals surface area contributed by atoms with E-state index in [1.165, 1.54) is 12.8 Å². The third-order valence-electron chi connectivity index (χ3n) is 3.43. The quantitative estimate of drug-likeness (QED) is 0.660. The minimum Gasteiger partial charge on any atom is -0.490 e. The number of nitrogen functional groups attached to an aromatic ring is 1. The molecule has 1 aliphatic rings. The van der Waals surface area contributed by atoms with Crippen molar-refractivity contribution < 1.29 is 4.74 Å². The van der Waals surface area contributed by atoms with E-state index in [0.717, 1.165) is 29.0 Å². The van der Waals surface area contributed by atoms with Crippen molar-refractivity contribution in [3.05, 3.63) is 28.2 Å². The first-order chi connectivity index (χ1) is 8.58. The van der Waals surface area contributed by atoms with E-state index in [1.54, 1.807) is 0 Å². The molecule has 1 aliphatic carbocycles. The lowest BCUT2D eigenvalue weighted by atomic mass is 9.88. The monoisotopic (exact) mass is 310 g/mol. The van der Waals surface area contributed by atoms with Gasteiger partial charge in [-0.2, -0.15) is 0 Å². The van der Waals surface area contributed by atoms with Crippen LogP contribution in [0.3, 0.4) is 0 Å². The summed E-state index contributed by atoms with van der Waals surface area (Å²) in [6.45, 7) is 2.27. The lowest BCUT2D eigenvalue weighted by Gasteiger charge is -2.28. The van der Waals surface area contributed by atoms with E-state index >= 15 is 0 Å².